The summed E-state index contributed by atoms with van der Waals surface area (Å²) in [7, 11) is 0.996. The zero-order valence-corrected chi connectivity index (χ0v) is 18.7. The molecule has 1 fully saturated rings. The molecule has 0 spiro atoms. The number of halogens is 6. The Morgan fingerprint density at radius 3 is 2.47 bits per heavy atom. The van der Waals surface area contributed by atoms with Crippen molar-refractivity contribution in [1.29, 1.82) is 0 Å². The molecule has 184 valence electrons. The van der Waals surface area contributed by atoms with Gasteiger partial charge in [-0.15, -0.1) is 0 Å². The molecule has 1 aliphatic rings. The largest absolute Gasteiger partial charge is 0.493 e. The summed E-state index contributed by atoms with van der Waals surface area (Å²) in [6, 6.07) is 3.30. The maximum atomic E-state index is 14.5. The van der Waals surface area contributed by atoms with Gasteiger partial charge in [0.2, 0.25) is 5.82 Å². The summed E-state index contributed by atoms with van der Waals surface area (Å²) in [5.41, 5.74) is 1.83. The standard InChI is InChI=1S/C21H19ClF5N3O4/c1-8-13(10-7-11(22)14(23)15(24)16(10)33-3)17(34-20(8,2)21(25,26)27)19(32)30-9-4-5-29-12(6-9)18(28)31/h4-8,13,17H,1-3H3,(H2,28,31)(H,29,30,32)/t8-,13+,17-,20+/m0/s1. The van der Waals surface area contributed by atoms with Gasteiger partial charge < -0.3 is 20.5 Å². The van der Waals surface area contributed by atoms with Gasteiger partial charge in [0.15, 0.2) is 17.2 Å². The Balaban J connectivity index is 2.12. The number of rotatable bonds is 5. The molecule has 4 atom stereocenters. The molecule has 1 aromatic carbocycles. The van der Waals surface area contributed by atoms with E-state index in [9.17, 15) is 31.5 Å². The van der Waals surface area contributed by atoms with Crippen LogP contribution in [0, 0.1) is 17.6 Å². The number of ether oxygens (including phenoxy) is 2. The molecule has 3 N–H and O–H groups in total. The van der Waals surface area contributed by atoms with Gasteiger partial charge in [0.05, 0.1) is 12.1 Å². The van der Waals surface area contributed by atoms with Crippen molar-refractivity contribution in [3.05, 3.63) is 52.3 Å². The number of alkyl halides is 3. The number of nitrogens with two attached hydrogens (primary N) is 1. The van der Waals surface area contributed by atoms with Crippen LogP contribution in [-0.2, 0) is 9.53 Å². The molecule has 0 aliphatic carbocycles. The summed E-state index contributed by atoms with van der Waals surface area (Å²) in [5.74, 6) is -8.53. The van der Waals surface area contributed by atoms with Crippen molar-refractivity contribution < 1.29 is 41.0 Å². The fraction of sp³-hybridized carbons (Fsp3) is 0.381. The van der Waals surface area contributed by atoms with Crippen molar-refractivity contribution >= 4 is 29.1 Å². The van der Waals surface area contributed by atoms with E-state index in [1.807, 2.05) is 0 Å². The lowest BCUT2D eigenvalue weighted by Gasteiger charge is -2.32. The molecule has 34 heavy (non-hydrogen) atoms. The summed E-state index contributed by atoms with van der Waals surface area (Å²) in [4.78, 5) is 28.1. The maximum Gasteiger partial charge on any atom is 0.417 e. The first kappa shape index (κ1) is 25.6. The number of nitrogens with one attached hydrogen (secondary N) is 1. The Morgan fingerprint density at radius 1 is 1.26 bits per heavy atom. The summed E-state index contributed by atoms with van der Waals surface area (Å²) < 4.78 is 80.7. The number of carbonyl (C=O) groups excluding carboxylic acids is 2. The highest BCUT2D eigenvalue weighted by atomic mass is 35.5. The van der Waals surface area contributed by atoms with Gasteiger partial charge in [0, 0.05) is 29.3 Å². The van der Waals surface area contributed by atoms with Crippen molar-refractivity contribution in [2.24, 2.45) is 11.7 Å². The Hall–Kier alpha value is -2.99. The van der Waals surface area contributed by atoms with Crippen LogP contribution in [0.3, 0.4) is 0 Å². The number of methoxy groups -OCH3 is 1. The van der Waals surface area contributed by atoms with Crippen LogP contribution in [0.1, 0.15) is 35.8 Å². The third kappa shape index (κ3) is 4.27. The number of aromatic nitrogens is 1. The molecular weight excluding hydrogens is 489 g/mol. The number of hydrogen-bond donors (Lipinski definition) is 2. The Morgan fingerprint density at radius 2 is 1.91 bits per heavy atom. The van der Waals surface area contributed by atoms with E-state index < -0.39 is 63.9 Å². The van der Waals surface area contributed by atoms with Gasteiger partial charge in [0.1, 0.15) is 11.8 Å². The number of hydrogen-bond acceptors (Lipinski definition) is 5. The topological polar surface area (TPSA) is 104 Å². The highest BCUT2D eigenvalue weighted by molar-refractivity contribution is 6.30. The molecule has 13 heteroatoms. The van der Waals surface area contributed by atoms with Crippen LogP contribution in [-0.4, -0.2) is 41.8 Å². The van der Waals surface area contributed by atoms with E-state index in [1.54, 1.807) is 0 Å². The van der Waals surface area contributed by atoms with Crippen LogP contribution in [0.5, 0.6) is 5.75 Å². The average Bonchev–Trinajstić information content (AvgIpc) is 3.04. The quantitative estimate of drug-likeness (QED) is 0.466. The van der Waals surface area contributed by atoms with Gasteiger partial charge >= 0.3 is 6.18 Å². The van der Waals surface area contributed by atoms with E-state index in [4.69, 9.17) is 26.8 Å². The molecule has 0 saturated carbocycles. The molecule has 2 heterocycles. The Kier molecular flexibility index (Phi) is 6.78. The van der Waals surface area contributed by atoms with Crippen molar-refractivity contribution in [2.75, 3.05) is 12.4 Å². The van der Waals surface area contributed by atoms with Gasteiger partial charge in [-0.2, -0.15) is 17.6 Å². The van der Waals surface area contributed by atoms with Crippen molar-refractivity contribution in [3.8, 4) is 5.75 Å². The van der Waals surface area contributed by atoms with E-state index in [0.29, 0.717) is 0 Å². The van der Waals surface area contributed by atoms with Crippen LogP contribution in [0.25, 0.3) is 0 Å². The minimum atomic E-state index is -4.93. The minimum Gasteiger partial charge on any atom is -0.493 e. The molecule has 2 aromatic rings. The summed E-state index contributed by atoms with van der Waals surface area (Å²) in [6.45, 7) is 1.92. The fourth-order valence-corrected chi connectivity index (χ4v) is 4.13. The van der Waals surface area contributed by atoms with Gasteiger partial charge in [-0.3, -0.25) is 14.6 Å². The normalized spacial score (nSPS) is 24.7. The molecular formula is C21H19ClF5N3O4. The number of amides is 2. The first-order chi connectivity index (χ1) is 15.7. The first-order valence-corrected chi connectivity index (χ1v) is 10.1. The molecule has 7 nitrogen and oxygen atoms in total. The van der Waals surface area contributed by atoms with E-state index in [-0.39, 0.29) is 16.9 Å². The highest BCUT2D eigenvalue weighted by Crippen LogP contribution is 2.55. The molecule has 2 amide bonds. The second-order valence-electron chi connectivity index (χ2n) is 7.85. The number of anilines is 1. The summed E-state index contributed by atoms with van der Waals surface area (Å²) >= 11 is 5.75. The van der Waals surface area contributed by atoms with Crippen molar-refractivity contribution in [2.45, 2.75) is 37.6 Å². The third-order valence-corrected chi connectivity index (χ3v) is 6.19. The Labute approximate surface area is 195 Å². The summed E-state index contributed by atoms with van der Waals surface area (Å²) in [6.07, 6.45) is -5.60. The van der Waals surface area contributed by atoms with E-state index in [1.165, 1.54) is 6.07 Å². The average molecular weight is 508 g/mol. The monoisotopic (exact) mass is 507 g/mol. The highest BCUT2D eigenvalue weighted by Gasteiger charge is 2.66. The number of primary amides is 1. The molecule has 0 radical (unpaired) electrons. The van der Waals surface area contributed by atoms with Gasteiger partial charge in [0.25, 0.3) is 11.8 Å². The molecule has 3 rings (SSSR count). The second kappa shape index (κ2) is 8.99. The smallest absolute Gasteiger partial charge is 0.417 e. The second-order valence-corrected chi connectivity index (χ2v) is 8.26. The predicted octanol–water partition coefficient (Wildman–Crippen LogP) is 4.20. The lowest BCUT2D eigenvalue weighted by molar-refractivity contribution is -0.272. The van der Waals surface area contributed by atoms with E-state index >= 15 is 0 Å². The lowest BCUT2D eigenvalue weighted by atomic mass is 9.77. The van der Waals surface area contributed by atoms with Crippen LogP contribution in [0.2, 0.25) is 5.02 Å². The first-order valence-electron chi connectivity index (χ1n) is 9.75. The van der Waals surface area contributed by atoms with Crippen LogP contribution < -0.4 is 15.8 Å². The maximum absolute atomic E-state index is 14.5. The van der Waals surface area contributed by atoms with Gasteiger partial charge in [-0.1, -0.05) is 18.5 Å². The van der Waals surface area contributed by atoms with Gasteiger partial charge in [-0.05, 0) is 25.1 Å². The molecule has 1 aromatic heterocycles. The molecule has 1 saturated heterocycles. The van der Waals surface area contributed by atoms with E-state index in [0.717, 1.165) is 39.3 Å². The van der Waals surface area contributed by atoms with Crippen molar-refractivity contribution in [3.63, 3.8) is 0 Å². The SMILES string of the molecule is COc1c([C@@H]2[C@@H](C(=O)Nc3ccnc(C(N)=O)c3)O[C@@](C)(C(F)(F)F)[C@H]2C)cc(Cl)c(F)c1F. The fourth-order valence-electron chi connectivity index (χ4n) is 3.93. The minimum absolute atomic E-state index is 0.000279. The lowest BCUT2D eigenvalue weighted by Crippen LogP contribution is -2.47. The van der Waals surface area contributed by atoms with E-state index in [2.05, 4.69) is 10.3 Å². The number of nitrogens with zero attached hydrogens (tertiary/aromatic N) is 1. The van der Waals surface area contributed by atoms with Gasteiger partial charge in [-0.25, -0.2) is 4.39 Å². The molecule has 0 bridgehead atoms. The zero-order valence-electron chi connectivity index (χ0n) is 18.0. The zero-order chi connectivity index (χ0) is 25.6. The third-order valence-electron chi connectivity index (χ3n) is 5.92. The predicted molar refractivity (Wildman–Crippen MR) is 111 cm³/mol. The number of carbonyl (C=O) groups is 2. The molecule has 1 aliphatic heterocycles. The van der Waals surface area contributed by atoms with Crippen LogP contribution >= 0.6 is 11.6 Å². The summed E-state index contributed by atoms with van der Waals surface area (Å²) in [5, 5.41) is 1.64. The van der Waals surface area contributed by atoms with Crippen LogP contribution in [0.15, 0.2) is 24.4 Å². The number of benzene rings is 1. The van der Waals surface area contributed by atoms with Crippen LogP contribution in [0.4, 0.5) is 27.6 Å². The molecule has 0 unspecified atom stereocenters. The van der Waals surface area contributed by atoms with Crippen molar-refractivity contribution in [1.82, 2.24) is 4.98 Å². The Bertz CT molecular complexity index is 1150. The number of pyridine rings is 1.